The van der Waals surface area contributed by atoms with Gasteiger partial charge in [0.05, 0.1) is 6.61 Å². The minimum absolute atomic E-state index is 0.0423. The monoisotopic (exact) mass is 280 g/mol. The number of benzene rings is 1. The van der Waals surface area contributed by atoms with Crippen LogP contribution in [0, 0.1) is 0 Å². The fraction of sp³-hybridized carbons (Fsp3) is 0.429. The van der Waals surface area contributed by atoms with Crippen LogP contribution in [0.1, 0.15) is 26.2 Å². The number of hydrogen-bond acceptors (Lipinski definition) is 3. The van der Waals surface area contributed by atoms with E-state index in [1.54, 1.807) is 18.2 Å². The van der Waals surface area contributed by atoms with Crippen LogP contribution in [0.25, 0.3) is 0 Å². The molecule has 0 spiro atoms. The molecule has 0 aliphatic rings. The lowest BCUT2D eigenvalue weighted by atomic mass is 10.3. The Morgan fingerprint density at radius 1 is 1.35 bits per heavy atom. The highest BCUT2D eigenvalue weighted by Crippen LogP contribution is 2.17. The highest BCUT2D eigenvalue weighted by atomic mass is 16.5. The third-order valence-corrected chi connectivity index (χ3v) is 2.42. The van der Waals surface area contributed by atoms with Crippen molar-refractivity contribution in [3.05, 3.63) is 24.3 Å². The summed E-state index contributed by atoms with van der Waals surface area (Å²) in [5, 5.41) is 13.7. The number of aliphatic carboxylic acids is 1. The predicted molar refractivity (Wildman–Crippen MR) is 76.1 cm³/mol. The molecule has 0 atom stereocenters. The molecular weight excluding hydrogens is 260 g/mol. The minimum atomic E-state index is -0.868. The van der Waals surface area contributed by atoms with Gasteiger partial charge in [0.15, 0.2) is 0 Å². The Balaban J connectivity index is 2.35. The number of anilines is 1. The summed E-state index contributed by atoms with van der Waals surface area (Å²) < 4.78 is 5.47. The molecule has 0 aliphatic heterocycles. The van der Waals surface area contributed by atoms with Crippen LogP contribution in [-0.2, 0) is 4.79 Å². The molecular formula is C14H20N2O4. The minimum Gasteiger partial charge on any atom is -0.494 e. The van der Waals surface area contributed by atoms with Crippen molar-refractivity contribution >= 4 is 17.7 Å². The maximum Gasteiger partial charge on any atom is 0.319 e. The maximum absolute atomic E-state index is 11.6. The van der Waals surface area contributed by atoms with Gasteiger partial charge >= 0.3 is 12.0 Å². The molecule has 0 aliphatic carbocycles. The van der Waals surface area contributed by atoms with Gasteiger partial charge < -0.3 is 20.5 Å². The van der Waals surface area contributed by atoms with Crippen molar-refractivity contribution in [3.8, 4) is 5.75 Å². The van der Waals surface area contributed by atoms with Gasteiger partial charge in [0.25, 0.3) is 0 Å². The largest absolute Gasteiger partial charge is 0.494 e. The number of amides is 2. The molecule has 1 aromatic carbocycles. The fourth-order valence-electron chi connectivity index (χ4n) is 1.50. The molecule has 6 nitrogen and oxygen atoms in total. The Kier molecular flexibility index (Phi) is 6.95. The third kappa shape index (κ3) is 6.63. The molecule has 0 radical (unpaired) electrons. The van der Waals surface area contributed by atoms with Gasteiger partial charge in [-0.2, -0.15) is 0 Å². The molecule has 2 amide bonds. The van der Waals surface area contributed by atoms with Crippen LogP contribution in [0.5, 0.6) is 5.75 Å². The third-order valence-electron chi connectivity index (χ3n) is 2.42. The van der Waals surface area contributed by atoms with Gasteiger partial charge in [-0.3, -0.25) is 4.79 Å². The molecule has 0 saturated carbocycles. The predicted octanol–water partition coefficient (Wildman–Crippen LogP) is 2.46. The van der Waals surface area contributed by atoms with Gasteiger partial charge in [-0.05, 0) is 25.0 Å². The second-order valence-corrected chi connectivity index (χ2v) is 4.25. The Hall–Kier alpha value is -2.24. The van der Waals surface area contributed by atoms with Gasteiger partial charge in [0.1, 0.15) is 5.75 Å². The summed E-state index contributed by atoms with van der Waals surface area (Å²) in [5.41, 5.74) is 0.634. The number of carboxylic acid groups (broad SMARTS) is 1. The summed E-state index contributed by atoms with van der Waals surface area (Å²) in [5.74, 6) is -0.163. The van der Waals surface area contributed by atoms with Crippen LogP contribution < -0.4 is 15.4 Å². The number of nitrogens with one attached hydrogen (secondary N) is 2. The Morgan fingerprint density at radius 3 is 2.85 bits per heavy atom. The van der Waals surface area contributed by atoms with Crippen LogP contribution in [0.2, 0.25) is 0 Å². The molecule has 0 heterocycles. The average molecular weight is 280 g/mol. The van der Waals surface area contributed by atoms with E-state index >= 15 is 0 Å². The smallest absolute Gasteiger partial charge is 0.319 e. The van der Waals surface area contributed by atoms with E-state index in [9.17, 15) is 9.59 Å². The highest BCUT2D eigenvalue weighted by molar-refractivity contribution is 5.89. The zero-order chi connectivity index (χ0) is 14.8. The number of carboxylic acids is 1. The van der Waals surface area contributed by atoms with Crippen LogP contribution in [0.3, 0.4) is 0 Å². The molecule has 20 heavy (non-hydrogen) atoms. The number of carbonyl (C=O) groups is 2. The first kappa shape index (κ1) is 15.8. The summed E-state index contributed by atoms with van der Waals surface area (Å²) >= 11 is 0. The van der Waals surface area contributed by atoms with Crippen LogP contribution in [-0.4, -0.2) is 30.3 Å². The second-order valence-electron chi connectivity index (χ2n) is 4.25. The fourth-order valence-corrected chi connectivity index (χ4v) is 1.50. The molecule has 1 aromatic rings. The van der Waals surface area contributed by atoms with E-state index in [2.05, 4.69) is 10.6 Å². The van der Waals surface area contributed by atoms with E-state index in [1.165, 1.54) is 0 Å². The highest BCUT2D eigenvalue weighted by Gasteiger charge is 2.03. The average Bonchev–Trinajstić information content (AvgIpc) is 2.41. The lowest BCUT2D eigenvalue weighted by molar-refractivity contribution is -0.137. The second kappa shape index (κ2) is 8.79. The molecule has 3 N–H and O–H groups in total. The lowest BCUT2D eigenvalue weighted by Gasteiger charge is -2.09. The zero-order valence-electron chi connectivity index (χ0n) is 11.5. The van der Waals surface area contributed by atoms with Crippen molar-refractivity contribution in [1.82, 2.24) is 5.32 Å². The quantitative estimate of drug-likeness (QED) is 0.638. The number of carbonyl (C=O) groups excluding carboxylic acids is 1. The molecule has 0 bridgehead atoms. The van der Waals surface area contributed by atoms with E-state index in [1.807, 2.05) is 13.0 Å². The van der Waals surface area contributed by atoms with Gasteiger partial charge in [0.2, 0.25) is 0 Å². The standard InChI is InChI=1S/C14H20N2O4/c1-2-9-20-12-6-3-5-11(10-12)16-14(19)15-8-4-7-13(17)18/h3,5-6,10H,2,4,7-9H2,1H3,(H,17,18)(H2,15,16,19). The number of urea groups is 1. The van der Waals surface area contributed by atoms with Gasteiger partial charge in [-0.1, -0.05) is 13.0 Å². The van der Waals surface area contributed by atoms with Crippen molar-refractivity contribution in [2.24, 2.45) is 0 Å². The van der Waals surface area contributed by atoms with E-state index in [-0.39, 0.29) is 12.5 Å². The summed E-state index contributed by atoms with van der Waals surface area (Å²) in [4.78, 5) is 21.9. The molecule has 110 valence electrons. The topological polar surface area (TPSA) is 87.7 Å². The Labute approximate surface area is 118 Å². The normalized spacial score (nSPS) is 9.85. The molecule has 6 heteroatoms. The van der Waals surface area contributed by atoms with Crippen molar-refractivity contribution in [2.75, 3.05) is 18.5 Å². The van der Waals surface area contributed by atoms with Crippen LogP contribution in [0.15, 0.2) is 24.3 Å². The molecule has 1 rings (SSSR count). The van der Waals surface area contributed by atoms with E-state index < -0.39 is 5.97 Å². The number of hydrogen-bond donors (Lipinski definition) is 3. The van der Waals surface area contributed by atoms with Gasteiger partial charge in [0, 0.05) is 24.7 Å². The Bertz CT molecular complexity index is 449. The summed E-state index contributed by atoms with van der Waals surface area (Å²) in [6, 6.07) is 6.77. The van der Waals surface area contributed by atoms with Crippen molar-refractivity contribution in [3.63, 3.8) is 0 Å². The lowest BCUT2D eigenvalue weighted by Crippen LogP contribution is -2.29. The van der Waals surface area contributed by atoms with Gasteiger partial charge in [-0.15, -0.1) is 0 Å². The van der Waals surface area contributed by atoms with E-state index in [4.69, 9.17) is 9.84 Å². The summed E-state index contributed by atoms with van der Waals surface area (Å²) in [6.07, 6.45) is 1.37. The van der Waals surface area contributed by atoms with Crippen molar-refractivity contribution in [1.29, 1.82) is 0 Å². The SMILES string of the molecule is CCCOc1cccc(NC(=O)NCCCC(=O)O)c1. The van der Waals surface area contributed by atoms with E-state index in [0.717, 1.165) is 6.42 Å². The molecule has 0 aromatic heterocycles. The van der Waals surface area contributed by atoms with Gasteiger partial charge in [-0.25, -0.2) is 4.79 Å². The number of rotatable bonds is 8. The van der Waals surface area contributed by atoms with Crippen molar-refractivity contribution < 1.29 is 19.4 Å². The number of ether oxygens (including phenoxy) is 1. The molecule has 0 unspecified atom stereocenters. The maximum atomic E-state index is 11.6. The zero-order valence-corrected chi connectivity index (χ0v) is 11.5. The first-order valence-electron chi connectivity index (χ1n) is 6.61. The Morgan fingerprint density at radius 2 is 2.15 bits per heavy atom. The van der Waals surface area contributed by atoms with E-state index in [0.29, 0.717) is 31.0 Å². The molecule has 0 saturated heterocycles. The summed E-state index contributed by atoms with van der Waals surface area (Å²) in [6.45, 7) is 2.97. The first-order valence-corrected chi connectivity index (χ1v) is 6.61. The molecule has 0 fully saturated rings. The first-order chi connectivity index (χ1) is 9.61. The summed E-state index contributed by atoms with van der Waals surface area (Å²) in [7, 11) is 0. The van der Waals surface area contributed by atoms with Crippen molar-refractivity contribution in [2.45, 2.75) is 26.2 Å². The van der Waals surface area contributed by atoms with Crippen LogP contribution in [0.4, 0.5) is 10.5 Å². The van der Waals surface area contributed by atoms with Crippen LogP contribution >= 0.6 is 0 Å².